The molecule has 26 heavy (non-hydrogen) atoms. The van der Waals surface area contributed by atoms with Crippen LogP contribution in [0.15, 0.2) is 40.0 Å². The Morgan fingerprint density at radius 1 is 1.19 bits per heavy atom. The second kappa shape index (κ2) is 5.87. The smallest absolute Gasteiger partial charge is 0.322 e. The normalized spacial score (nSPS) is 12.5. The number of hydrogen-bond donors (Lipinski definition) is 2. The minimum Gasteiger partial charge on any atom is -0.322 e. The Morgan fingerprint density at radius 3 is 2.46 bits per heavy atom. The molecule has 1 aromatic carbocycles. The minimum atomic E-state index is -4.80. The van der Waals surface area contributed by atoms with Crippen molar-refractivity contribution in [1.29, 1.82) is 0 Å². The number of sulfonamides is 1. The number of nitrogens with one attached hydrogen (secondary N) is 2. The molecule has 0 fully saturated rings. The Bertz CT molecular complexity index is 1160. The van der Waals surface area contributed by atoms with Gasteiger partial charge in [-0.25, -0.2) is 8.42 Å². The molecule has 0 unspecified atom stereocenters. The standard InChI is InChI=1S/C15H13F3N4O3S/c1-8-5-13(22(2)20-8)21-26(24,25)9-3-4-12-10(6-9)11(15(16,17)18)7-14(23)19-12/h3-7,21H,1-2H3,(H,19,23). The van der Waals surface area contributed by atoms with Crippen LogP contribution in [0, 0.1) is 6.92 Å². The van der Waals surface area contributed by atoms with E-state index >= 15 is 0 Å². The first-order valence-corrected chi connectivity index (χ1v) is 8.73. The first-order chi connectivity index (χ1) is 12.0. The molecular formula is C15H13F3N4O3S. The van der Waals surface area contributed by atoms with Crippen molar-refractivity contribution >= 4 is 26.7 Å². The van der Waals surface area contributed by atoms with Crippen LogP contribution in [0.3, 0.4) is 0 Å². The number of H-pyrrole nitrogens is 1. The average molecular weight is 386 g/mol. The maximum absolute atomic E-state index is 13.2. The molecule has 0 saturated carbocycles. The number of pyridine rings is 1. The van der Waals surface area contributed by atoms with E-state index in [1.807, 2.05) is 0 Å². The molecule has 2 aromatic heterocycles. The molecule has 7 nitrogen and oxygen atoms in total. The first-order valence-electron chi connectivity index (χ1n) is 7.25. The Balaban J connectivity index is 2.15. The molecule has 0 bridgehead atoms. The lowest BCUT2D eigenvalue weighted by Crippen LogP contribution is -2.17. The number of rotatable bonds is 3. The molecule has 11 heteroatoms. The molecule has 0 atom stereocenters. The summed E-state index contributed by atoms with van der Waals surface area (Å²) >= 11 is 0. The lowest BCUT2D eigenvalue weighted by molar-refractivity contribution is -0.136. The van der Waals surface area contributed by atoms with Crippen LogP contribution in [0.2, 0.25) is 0 Å². The van der Waals surface area contributed by atoms with E-state index in [2.05, 4.69) is 14.8 Å². The summed E-state index contributed by atoms with van der Waals surface area (Å²) in [5, 5.41) is 3.58. The topological polar surface area (TPSA) is 96.9 Å². The van der Waals surface area contributed by atoms with Gasteiger partial charge in [-0.15, -0.1) is 0 Å². The molecular weight excluding hydrogens is 373 g/mol. The number of hydrogen-bond acceptors (Lipinski definition) is 4. The summed E-state index contributed by atoms with van der Waals surface area (Å²) < 4.78 is 68.2. The van der Waals surface area contributed by atoms with Gasteiger partial charge >= 0.3 is 6.18 Å². The van der Waals surface area contributed by atoms with Gasteiger partial charge in [0.25, 0.3) is 10.0 Å². The summed E-state index contributed by atoms with van der Waals surface area (Å²) in [5.74, 6) is 0.167. The van der Waals surface area contributed by atoms with Crippen LogP contribution in [-0.4, -0.2) is 23.2 Å². The number of benzene rings is 1. The van der Waals surface area contributed by atoms with Crippen molar-refractivity contribution in [3.63, 3.8) is 0 Å². The van der Waals surface area contributed by atoms with Gasteiger partial charge in [0, 0.05) is 30.1 Å². The van der Waals surface area contributed by atoms with Crippen molar-refractivity contribution in [1.82, 2.24) is 14.8 Å². The third-order valence-electron chi connectivity index (χ3n) is 3.67. The zero-order valence-electron chi connectivity index (χ0n) is 13.5. The average Bonchev–Trinajstić information content (AvgIpc) is 2.81. The number of halogens is 3. The van der Waals surface area contributed by atoms with Gasteiger partial charge in [0.2, 0.25) is 5.56 Å². The molecule has 2 heterocycles. The molecule has 0 amide bonds. The van der Waals surface area contributed by atoms with Crippen molar-refractivity contribution in [2.24, 2.45) is 7.05 Å². The Kier molecular flexibility index (Phi) is 4.06. The SMILES string of the molecule is Cc1cc(NS(=O)(=O)c2ccc3[nH]c(=O)cc(C(F)(F)F)c3c2)n(C)n1. The van der Waals surface area contributed by atoms with E-state index < -0.39 is 32.7 Å². The van der Waals surface area contributed by atoms with Crippen LogP contribution in [0.5, 0.6) is 0 Å². The number of nitrogens with zero attached hydrogens (tertiary/aromatic N) is 2. The van der Waals surface area contributed by atoms with E-state index in [0.717, 1.165) is 18.2 Å². The second-order valence-electron chi connectivity index (χ2n) is 5.65. The summed E-state index contributed by atoms with van der Waals surface area (Å²) in [5.41, 5.74) is -1.67. The molecule has 0 spiro atoms. The summed E-state index contributed by atoms with van der Waals surface area (Å²) in [6.07, 6.45) is -4.80. The van der Waals surface area contributed by atoms with Crippen molar-refractivity contribution in [2.75, 3.05) is 4.72 Å². The number of aryl methyl sites for hydroxylation is 2. The van der Waals surface area contributed by atoms with Gasteiger partial charge in [0.15, 0.2) is 0 Å². The fourth-order valence-corrected chi connectivity index (χ4v) is 3.64. The molecule has 0 radical (unpaired) electrons. The van der Waals surface area contributed by atoms with Crippen LogP contribution >= 0.6 is 0 Å². The highest BCUT2D eigenvalue weighted by Gasteiger charge is 2.33. The fraction of sp³-hybridized carbons (Fsp3) is 0.200. The summed E-state index contributed by atoms with van der Waals surface area (Å²) in [6.45, 7) is 1.67. The molecule has 0 aliphatic rings. The fourth-order valence-electron chi connectivity index (χ4n) is 2.54. The van der Waals surface area contributed by atoms with Crippen molar-refractivity contribution in [3.8, 4) is 0 Å². The minimum absolute atomic E-state index is 0.111. The monoisotopic (exact) mass is 386 g/mol. The molecule has 3 rings (SSSR count). The predicted molar refractivity (Wildman–Crippen MR) is 88.3 cm³/mol. The van der Waals surface area contributed by atoms with Gasteiger partial charge in [-0.3, -0.25) is 14.2 Å². The summed E-state index contributed by atoms with van der Waals surface area (Å²) in [7, 11) is -2.63. The van der Waals surface area contributed by atoms with E-state index in [9.17, 15) is 26.4 Å². The highest BCUT2D eigenvalue weighted by Crippen LogP contribution is 2.34. The summed E-state index contributed by atoms with van der Waals surface area (Å²) in [4.78, 5) is 13.3. The number of fused-ring (bicyclic) bond motifs is 1. The maximum Gasteiger partial charge on any atom is 0.417 e. The highest BCUT2D eigenvalue weighted by atomic mass is 32.2. The third kappa shape index (κ3) is 3.29. The zero-order valence-corrected chi connectivity index (χ0v) is 14.4. The Morgan fingerprint density at radius 2 is 1.88 bits per heavy atom. The van der Waals surface area contributed by atoms with E-state index in [1.165, 1.54) is 17.8 Å². The Labute approximate surface area is 145 Å². The summed E-state index contributed by atoms with van der Waals surface area (Å²) in [6, 6.07) is 4.99. The van der Waals surface area contributed by atoms with E-state index in [1.54, 1.807) is 6.92 Å². The van der Waals surface area contributed by atoms with Gasteiger partial charge < -0.3 is 4.98 Å². The second-order valence-corrected chi connectivity index (χ2v) is 7.33. The van der Waals surface area contributed by atoms with Crippen molar-refractivity contribution in [3.05, 3.63) is 51.9 Å². The van der Waals surface area contributed by atoms with E-state index in [0.29, 0.717) is 11.8 Å². The van der Waals surface area contributed by atoms with Gasteiger partial charge in [0.05, 0.1) is 16.2 Å². The zero-order chi connectivity index (χ0) is 19.3. The first kappa shape index (κ1) is 18.0. The molecule has 3 aromatic rings. The lowest BCUT2D eigenvalue weighted by Gasteiger charge is -2.12. The van der Waals surface area contributed by atoms with Crippen LogP contribution in [0.1, 0.15) is 11.3 Å². The maximum atomic E-state index is 13.2. The van der Waals surface area contributed by atoms with E-state index in [-0.39, 0.29) is 16.2 Å². The van der Waals surface area contributed by atoms with Gasteiger partial charge in [0.1, 0.15) is 5.82 Å². The third-order valence-corrected chi connectivity index (χ3v) is 5.02. The Hall–Kier alpha value is -2.82. The van der Waals surface area contributed by atoms with Gasteiger partial charge in [-0.1, -0.05) is 0 Å². The van der Waals surface area contributed by atoms with E-state index in [4.69, 9.17) is 0 Å². The van der Waals surface area contributed by atoms with Crippen molar-refractivity contribution < 1.29 is 21.6 Å². The number of alkyl halides is 3. The largest absolute Gasteiger partial charge is 0.417 e. The lowest BCUT2D eigenvalue weighted by atomic mass is 10.1. The van der Waals surface area contributed by atoms with Crippen LogP contribution in [-0.2, 0) is 23.2 Å². The molecule has 0 aliphatic heterocycles. The number of aromatic amines is 1. The van der Waals surface area contributed by atoms with Crippen LogP contribution < -0.4 is 10.3 Å². The number of anilines is 1. The molecule has 138 valence electrons. The predicted octanol–water partition coefficient (Wildman–Crippen LogP) is 2.39. The van der Waals surface area contributed by atoms with Gasteiger partial charge in [-0.05, 0) is 25.1 Å². The van der Waals surface area contributed by atoms with Gasteiger partial charge in [-0.2, -0.15) is 18.3 Å². The van der Waals surface area contributed by atoms with Crippen molar-refractivity contribution in [2.45, 2.75) is 18.0 Å². The highest BCUT2D eigenvalue weighted by molar-refractivity contribution is 7.92. The number of aromatic nitrogens is 3. The van der Waals surface area contributed by atoms with Crippen LogP contribution in [0.4, 0.5) is 19.0 Å². The molecule has 2 N–H and O–H groups in total. The molecule has 0 saturated heterocycles. The van der Waals surface area contributed by atoms with Crippen LogP contribution in [0.25, 0.3) is 10.9 Å². The quantitative estimate of drug-likeness (QED) is 0.722. The molecule has 0 aliphatic carbocycles.